The van der Waals surface area contributed by atoms with Crippen molar-refractivity contribution in [2.75, 3.05) is 5.32 Å². The van der Waals surface area contributed by atoms with Crippen molar-refractivity contribution in [2.24, 2.45) is 0 Å². The lowest BCUT2D eigenvalue weighted by atomic mass is 9.98. The van der Waals surface area contributed by atoms with Crippen LogP contribution >= 0.6 is 0 Å². The molecule has 1 unspecified atom stereocenters. The van der Waals surface area contributed by atoms with Gasteiger partial charge < -0.3 is 10.1 Å². The molecular formula is C21H16N2O3. The molecule has 0 aromatic heterocycles. The number of fused-ring (bicyclic) bond motifs is 1. The number of benzene rings is 3. The van der Waals surface area contributed by atoms with E-state index in [-0.39, 0.29) is 10.6 Å². The van der Waals surface area contributed by atoms with Gasteiger partial charge in [-0.2, -0.15) is 0 Å². The lowest BCUT2D eigenvalue weighted by molar-refractivity contribution is -0.435. The van der Waals surface area contributed by atoms with E-state index in [0.29, 0.717) is 17.0 Å². The Bertz CT molecular complexity index is 969. The number of hydrogen-bond acceptors (Lipinski definition) is 4. The van der Waals surface area contributed by atoms with E-state index in [1.807, 2.05) is 84.9 Å². The van der Waals surface area contributed by atoms with E-state index in [1.54, 1.807) is 0 Å². The minimum absolute atomic E-state index is 0.00115. The monoisotopic (exact) mass is 344 g/mol. The van der Waals surface area contributed by atoms with E-state index < -0.39 is 6.10 Å². The standard InChI is InChI=1S/C21H16N2O3/c24-23(25)20-19(22-16-11-5-2-6-12-16)17-13-7-8-14-18(17)26-21(20)15-9-3-1-4-10-15/h1-14,21-22H. The number of nitrogens with one attached hydrogen (secondary N) is 1. The van der Waals surface area contributed by atoms with Crippen molar-refractivity contribution in [3.05, 3.63) is 112 Å². The number of hydrogen-bond donors (Lipinski definition) is 1. The van der Waals surface area contributed by atoms with Crippen LogP contribution in [0.1, 0.15) is 17.2 Å². The van der Waals surface area contributed by atoms with Crippen molar-refractivity contribution in [3.8, 4) is 5.75 Å². The van der Waals surface area contributed by atoms with Gasteiger partial charge >= 0.3 is 5.70 Å². The Kier molecular flexibility index (Phi) is 4.11. The fraction of sp³-hybridized carbons (Fsp3) is 0.0476. The first-order valence-corrected chi connectivity index (χ1v) is 8.25. The summed E-state index contributed by atoms with van der Waals surface area (Å²) in [5.74, 6) is 0.616. The Morgan fingerprint density at radius 3 is 2.15 bits per heavy atom. The molecule has 1 aliphatic heterocycles. The molecule has 5 nitrogen and oxygen atoms in total. The first-order valence-electron chi connectivity index (χ1n) is 8.25. The molecule has 0 aliphatic carbocycles. The summed E-state index contributed by atoms with van der Waals surface area (Å²) in [6.07, 6.45) is -0.785. The SMILES string of the molecule is O=[N+]([O-])C1=C(Nc2ccccc2)c2ccccc2OC1c1ccccc1. The van der Waals surface area contributed by atoms with Crippen molar-refractivity contribution in [1.29, 1.82) is 0 Å². The molecule has 3 aromatic rings. The van der Waals surface area contributed by atoms with Gasteiger partial charge in [-0.25, -0.2) is 0 Å². The number of anilines is 1. The molecule has 1 aliphatic rings. The Hall–Kier alpha value is -3.60. The van der Waals surface area contributed by atoms with Crippen LogP contribution in [0.15, 0.2) is 90.6 Å². The smallest absolute Gasteiger partial charge is 0.314 e. The van der Waals surface area contributed by atoms with Crippen LogP contribution in [0.3, 0.4) is 0 Å². The van der Waals surface area contributed by atoms with Gasteiger partial charge in [0.05, 0.1) is 4.92 Å². The molecular weight excluding hydrogens is 328 g/mol. The van der Waals surface area contributed by atoms with Crippen LogP contribution in [0, 0.1) is 10.1 Å². The van der Waals surface area contributed by atoms with E-state index in [2.05, 4.69) is 5.32 Å². The second kappa shape index (κ2) is 6.72. The average Bonchev–Trinajstić information content (AvgIpc) is 2.69. The highest BCUT2D eigenvalue weighted by Crippen LogP contribution is 2.42. The summed E-state index contributed by atoms with van der Waals surface area (Å²) in [5.41, 5.74) is 2.65. The zero-order valence-corrected chi connectivity index (χ0v) is 13.8. The summed E-state index contributed by atoms with van der Waals surface area (Å²) >= 11 is 0. The second-order valence-electron chi connectivity index (χ2n) is 5.91. The highest BCUT2D eigenvalue weighted by molar-refractivity contribution is 5.82. The predicted octanol–water partition coefficient (Wildman–Crippen LogP) is 4.88. The molecule has 1 N–H and O–H groups in total. The molecule has 1 atom stereocenters. The van der Waals surface area contributed by atoms with Gasteiger partial charge in [-0.05, 0) is 24.3 Å². The molecule has 0 radical (unpaired) electrons. The van der Waals surface area contributed by atoms with E-state index in [9.17, 15) is 10.1 Å². The molecule has 0 amide bonds. The van der Waals surface area contributed by atoms with Gasteiger partial charge in [0.1, 0.15) is 11.4 Å². The van der Waals surface area contributed by atoms with Crippen LogP contribution in [-0.2, 0) is 0 Å². The third-order valence-corrected chi connectivity index (χ3v) is 4.25. The topological polar surface area (TPSA) is 64.4 Å². The van der Waals surface area contributed by atoms with Gasteiger partial charge in [0.2, 0.25) is 6.10 Å². The van der Waals surface area contributed by atoms with E-state index in [0.717, 1.165) is 11.3 Å². The number of para-hydroxylation sites is 2. The lowest BCUT2D eigenvalue weighted by Crippen LogP contribution is -2.24. The predicted molar refractivity (Wildman–Crippen MR) is 100 cm³/mol. The summed E-state index contributed by atoms with van der Waals surface area (Å²) in [4.78, 5) is 11.6. The van der Waals surface area contributed by atoms with E-state index in [4.69, 9.17) is 4.74 Å². The molecule has 5 heteroatoms. The molecule has 0 fully saturated rings. The highest BCUT2D eigenvalue weighted by atomic mass is 16.6. The number of nitro groups is 1. The van der Waals surface area contributed by atoms with Crippen molar-refractivity contribution in [2.45, 2.75) is 6.10 Å². The Balaban J connectivity index is 1.91. The zero-order valence-electron chi connectivity index (χ0n) is 13.8. The number of rotatable bonds is 4. The maximum Gasteiger partial charge on any atom is 0.314 e. The van der Waals surface area contributed by atoms with Gasteiger partial charge in [-0.3, -0.25) is 10.1 Å². The Morgan fingerprint density at radius 1 is 0.846 bits per heavy atom. The molecule has 26 heavy (non-hydrogen) atoms. The molecule has 0 spiro atoms. The third-order valence-electron chi connectivity index (χ3n) is 4.25. The number of ether oxygens (including phenoxy) is 1. The fourth-order valence-electron chi connectivity index (χ4n) is 3.07. The maximum absolute atomic E-state index is 12.0. The van der Waals surface area contributed by atoms with Gasteiger partial charge in [-0.1, -0.05) is 60.7 Å². The van der Waals surface area contributed by atoms with Crippen molar-refractivity contribution >= 4 is 11.4 Å². The zero-order chi connectivity index (χ0) is 17.9. The van der Waals surface area contributed by atoms with Crippen molar-refractivity contribution in [3.63, 3.8) is 0 Å². The molecule has 0 bridgehead atoms. The molecule has 4 rings (SSSR count). The fourth-order valence-corrected chi connectivity index (χ4v) is 3.07. The van der Waals surface area contributed by atoms with E-state index >= 15 is 0 Å². The lowest BCUT2D eigenvalue weighted by Gasteiger charge is -2.27. The number of nitrogens with zero attached hydrogens (tertiary/aromatic N) is 1. The van der Waals surface area contributed by atoms with E-state index in [1.165, 1.54) is 0 Å². The Morgan fingerprint density at radius 2 is 1.46 bits per heavy atom. The van der Waals surface area contributed by atoms with Crippen LogP contribution in [0.5, 0.6) is 5.75 Å². The van der Waals surface area contributed by atoms with Gasteiger partial charge in [-0.15, -0.1) is 0 Å². The second-order valence-corrected chi connectivity index (χ2v) is 5.91. The van der Waals surface area contributed by atoms with Gasteiger partial charge in [0.15, 0.2) is 0 Å². The van der Waals surface area contributed by atoms with Crippen LogP contribution in [0.25, 0.3) is 5.70 Å². The summed E-state index contributed by atoms with van der Waals surface area (Å²) in [5, 5.41) is 15.2. The molecule has 3 aromatic carbocycles. The quantitative estimate of drug-likeness (QED) is 0.541. The first kappa shape index (κ1) is 15.9. The molecule has 128 valence electrons. The molecule has 0 saturated carbocycles. The van der Waals surface area contributed by atoms with Crippen molar-refractivity contribution < 1.29 is 9.66 Å². The maximum atomic E-state index is 12.0. The van der Waals surface area contributed by atoms with Gasteiger partial charge in [0.25, 0.3) is 0 Å². The minimum atomic E-state index is -0.785. The minimum Gasteiger partial charge on any atom is -0.474 e. The first-order chi connectivity index (χ1) is 12.7. The molecule has 1 heterocycles. The normalized spacial score (nSPS) is 15.8. The Labute approximate surface area is 150 Å². The van der Waals surface area contributed by atoms with Crippen LogP contribution in [0.4, 0.5) is 5.69 Å². The summed E-state index contributed by atoms with van der Waals surface area (Å²) in [7, 11) is 0. The van der Waals surface area contributed by atoms with Crippen molar-refractivity contribution in [1.82, 2.24) is 0 Å². The average molecular weight is 344 g/mol. The third kappa shape index (κ3) is 2.91. The summed E-state index contributed by atoms with van der Waals surface area (Å²) < 4.78 is 6.02. The van der Waals surface area contributed by atoms with Crippen LogP contribution in [-0.4, -0.2) is 4.92 Å². The largest absolute Gasteiger partial charge is 0.474 e. The van der Waals surface area contributed by atoms with Crippen LogP contribution in [0.2, 0.25) is 0 Å². The summed E-state index contributed by atoms with van der Waals surface area (Å²) in [6, 6.07) is 26.0. The highest BCUT2D eigenvalue weighted by Gasteiger charge is 2.38. The summed E-state index contributed by atoms with van der Waals surface area (Å²) in [6.45, 7) is 0. The molecule has 0 saturated heterocycles. The van der Waals surface area contributed by atoms with Crippen LogP contribution < -0.4 is 10.1 Å². The van der Waals surface area contributed by atoms with Gasteiger partial charge in [0, 0.05) is 16.8 Å².